The molecule has 2 aliphatic rings. The first kappa shape index (κ1) is 22.0. The molecule has 0 bridgehead atoms. The minimum absolute atomic E-state index is 0. The van der Waals surface area contributed by atoms with Gasteiger partial charge < -0.3 is 10.2 Å². The molecular weight excluding hydrogens is 439 g/mol. The summed E-state index contributed by atoms with van der Waals surface area (Å²) in [6.07, 6.45) is 0. The smallest absolute Gasteiger partial charge is 0.194 e. The molecule has 2 fully saturated rings. The van der Waals surface area contributed by atoms with Crippen LogP contribution in [0.25, 0.3) is 0 Å². The highest BCUT2D eigenvalue weighted by Gasteiger charge is 2.53. The van der Waals surface area contributed by atoms with Gasteiger partial charge in [0, 0.05) is 43.7 Å². The van der Waals surface area contributed by atoms with Crippen LogP contribution in [-0.4, -0.2) is 80.5 Å². The molecule has 0 aromatic rings. The molecule has 0 radical (unpaired) electrons. The molecule has 0 atom stereocenters. The van der Waals surface area contributed by atoms with E-state index >= 15 is 0 Å². The Hall–Kier alpha value is -0.0900. The molecule has 0 aromatic heterocycles. The van der Waals surface area contributed by atoms with Crippen molar-refractivity contribution in [2.45, 2.75) is 40.2 Å². The van der Waals surface area contributed by atoms with Gasteiger partial charge in [-0.05, 0) is 20.8 Å². The number of likely N-dealkylation sites (tertiary alicyclic amines) is 1. The maximum absolute atomic E-state index is 11.5. The Kier molecular flexibility index (Phi) is 7.38. The molecule has 1 N–H and O–H groups in total. The summed E-state index contributed by atoms with van der Waals surface area (Å²) in [6.45, 7) is 15.9. The lowest BCUT2D eigenvalue weighted by Crippen LogP contribution is -2.72. The number of nitrogens with zero attached hydrogens (tertiary/aromatic N) is 3. The third-order valence-corrected chi connectivity index (χ3v) is 7.20. The minimum Gasteiger partial charge on any atom is -0.356 e. The van der Waals surface area contributed by atoms with Gasteiger partial charge in [0.05, 0.1) is 18.1 Å². The van der Waals surface area contributed by atoms with Crippen LogP contribution in [0.5, 0.6) is 0 Å². The summed E-state index contributed by atoms with van der Waals surface area (Å²) in [6, 6.07) is 0. The first-order valence-electron chi connectivity index (χ1n) is 8.58. The predicted octanol–water partition coefficient (Wildman–Crippen LogP) is 1.42. The van der Waals surface area contributed by atoms with Gasteiger partial charge in [0.15, 0.2) is 15.8 Å². The van der Waals surface area contributed by atoms with Crippen LogP contribution in [0.2, 0.25) is 0 Å². The van der Waals surface area contributed by atoms with Gasteiger partial charge >= 0.3 is 0 Å². The van der Waals surface area contributed by atoms with Crippen molar-refractivity contribution in [3.63, 3.8) is 0 Å². The van der Waals surface area contributed by atoms with E-state index in [0.717, 1.165) is 25.6 Å². The highest BCUT2D eigenvalue weighted by molar-refractivity contribution is 14.0. The topological polar surface area (TPSA) is 65.0 Å². The van der Waals surface area contributed by atoms with Crippen molar-refractivity contribution in [2.24, 2.45) is 10.4 Å². The van der Waals surface area contributed by atoms with Crippen LogP contribution >= 0.6 is 24.0 Å². The Morgan fingerprint density at radius 1 is 1.17 bits per heavy atom. The van der Waals surface area contributed by atoms with Gasteiger partial charge in [0.25, 0.3) is 0 Å². The van der Waals surface area contributed by atoms with Crippen molar-refractivity contribution in [3.05, 3.63) is 0 Å². The molecule has 0 amide bonds. The number of hydrogen-bond donors (Lipinski definition) is 1. The maximum Gasteiger partial charge on any atom is 0.194 e. The van der Waals surface area contributed by atoms with Crippen LogP contribution in [0.1, 0.15) is 34.6 Å². The summed E-state index contributed by atoms with van der Waals surface area (Å²) < 4.78 is 22.9. The molecule has 0 saturated carbocycles. The third kappa shape index (κ3) is 4.75. The van der Waals surface area contributed by atoms with Crippen LogP contribution in [-0.2, 0) is 9.84 Å². The van der Waals surface area contributed by atoms with E-state index in [9.17, 15) is 8.42 Å². The molecule has 0 aromatic carbocycles. The average molecular weight is 472 g/mol. The van der Waals surface area contributed by atoms with E-state index in [2.05, 4.69) is 49.7 Å². The Labute approximate surface area is 164 Å². The SMILES string of the molecule is CCNC(=NCCN1CCS(=O)(=O)CC1)N1CC(C)(C)C1(C)C.I. The highest BCUT2D eigenvalue weighted by Crippen LogP contribution is 2.46. The standard InChI is InChI=1S/C16H32N4O2S.HI/c1-6-17-14(20-13-15(2,3)16(20,4)5)18-7-8-19-9-11-23(21,22)12-10-19;/h6-13H2,1-5H3,(H,17,18);1H. The molecular formula is C16H33IN4O2S. The van der Waals surface area contributed by atoms with Crippen molar-refractivity contribution < 1.29 is 8.42 Å². The molecule has 8 heteroatoms. The second-order valence-corrected chi connectivity index (χ2v) is 10.1. The first-order valence-corrected chi connectivity index (χ1v) is 10.4. The zero-order chi connectivity index (χ0) is 17.3. The molecule has 2 aliphatic heterocycles. The summed E-state index contributed by atoms with van der Waals surface area (Å²) in [7, 11) is -2.80. The van der Waals surface area contributed by atoms with Gasteiger partial charge in [0.2, 0.25) is 0 Å². The van der Waals surface area contributed by atoms with Crippen LogP contribution in [0.3, 0.4) is 0 Å². The quantitative estimate of drug-likeness (QED) is 0.381. The predicted molar refractivity (Wildman–Crippen MR) is 111 cm³/mol. The molecule has 0 unspecified atom stereocenters. The number of guanidine groups is 1. The number of nitrogens with one attached hydrogen (secondary N) is 1. The van der Waals surface area contributed by atoms with Gasteiger partial charge in [-0.25, -0.2) is 8.42 Å². The van der Waals surface area contributed by atoms with E-state index in [1.807, 2.05) is 0 Å². The molecule has 2 rings (SSSR count). The van der Waals surface area contributed by atoms with Gasteiger partial charge in [-0.2, -0.15) is 0 Å². The van der Waals surface area contributed by atoms with Crippen molar-refractivity contribution in [2.75, 3.05) is 50.8 Å². The number of aliphatic imine (C=N–C) groups is 1. The number of sulfone groups is 1. The zero-order valence-corrected chi connectivity index (χ0v) is 18.8. The number of rotatable bonds is 4. The summed E-state index contributed by atoms with van der Waals surface area (Å²) in [5.74, 6) is 1.54. The Bertz CT molecular complexity index is 546. The van der Waals surface area contributed by atoms with E-state index in [-0.39, 0.29) is 46.4 Å². The van der Waals surface area contributed by atoms with Crippen LogP contribution in [0.15, 0.2) is 4.99 Å². The molecule has 2 heterocycles. The Balaban J connectivity index is 0.00000288. The Morgan fingerprint density at radius 3 is 2.21 bits per heavy atom. The van der Waals surface area contributed by atoms with E-state index in [1.165, 1.54) is 0 Å². The van der Waals surface area contributed by atoms with Crippen LogP contribution in [0, 0.1) is 5.41 Å². The summed E-state index contributed by atoms with van der Waals surface area (Å²) >= 11 is 0. The summed E-state index contributed by atoms with van der Waals surface area (Å²) in [4.78, 5) is 9.31. The molecule has 6 nitrogen and oxygen atoms in total. The molecule has 0 spiro atoms. The molecule has 0 aliphatic carbocycles. The minimum atomic E-state index is -2.80. The Morgan fingerprint density at radius 2 is 1.75 bits per heavy atom. The van der Waals surface area contributed by atoms with E-state index in [1.54, 1.807) is 0 Å². The lowest BCUT2D eigenvalue weighted by atomic mass is 9.65. The number of halogens is 1. The molecule has 2 saturated heterocycles. The monoisotopic (exact) mass is 472 g/mol. The highest BCUT2D eigenvalue weighted by atomic mass is 127. The van der Waals surface area contributed by atoms with Crippen LogP contribution in [0.4, 0.5) is 0 Å². The number of hydrogen-bond acceptors (Lipinski definition) is 4. The van der Waals surface area contributed by atoms with Crippen LogP contribution < -0.4 is 5.32 Å². The fraction of sp³-hybridized carbons (Fsp3) is 0.938. The first-order chi connectivity index (χ1) is 10.6. The zero-order valence-electron chi connectivity index (χ0n) is 15.6. The lowest BCUT2D eigenvalue weighted by molar-refractivity contribution is -0.0667. The second-order valence-electron chi connectivity index (χ2n) is 7.76. The van der Waals surface area contributed by atoms with Crippen molar-refractivity contribution >= 4 is 39.8 Å². The molecule has 142 valence electrons. The van der Waals surface area contributed by atoms with Gasteiger partial charge in [-0.1, -0.05) is 13.8 Å². The van der Waals surface area contributed by atoms with Crippen molar-refractivity contribution in [1.29, 1.82) is 0 Å². The third-order valence-electron chi connectivity index (χ3n) is 5.59. The van der Waals surface area contributed by atoms with Gasteiger partial charge in [-0.3, -0.25) is 9.89 Å². The van der Waals surface area contributed by atoms with Gasteiger partial charge in [-0.15, -0.1) is 24.0 Å². The fourth-order valence-electron chi connectivity index (χ4n) is 3.07. The van der Waals surface area contributed by atoms with E-state index < -0.39 is 9.84 Å². The second kappa shape index (κ2) is 8.07. The maximum atomic E-state index is 11.5. The fourth-order valence-corrected chi connectivity index (χ4v) is 4.34. The summed E-state index contributed by atoms with van der Waals surface area (Å²) in [5.41, 5.74) is 0.373. The van der Waals surface area contributed by atoms with Gasteiger partial charge in [0.1, 0.15) is 0 Å². The van der Waals surface area contributed by atoms with E-state index in [4.69, 9.17) is 4.99 Å². The van der Waals surface area contributed by atoms with Crippen molar-refractivity contribution in [3.8, 4) is 0 Å². The average Bonchev–Trinajstić information content (AvgIpc) is 2.46. The lowest BCUT2D eigenvalue weighted by Gasteiger charge is -2.62. The summed E-state index contributed by atoms with van der Waals surface area (Å²) in [5, 5.41) is 3.39. The molecule has 24 heavy (non-hydrogen) atoms. The normalized spacial score (nSPS) is 25.5. The van der Waals surface area contributed by atoms with Crippen molar-refractivity contribution in [1.82, 2.24) is 15.1 Å². The largest absolute Gasteiger partial charge is 0.356 e. The van der Waals surface area contributed by atoms with E-state index in [0.29, 0.717) is 19.6 Å².